The van der Waals surface area contributed by atoms with Crippen LogP contribution in [0.3, 0.4) is 0 Å². The summed E-state index contributed by atoms with van der Waals surface area (Å²) < 4.78 is 12.1. The summed E-state index contributed by atoms with van der Waals surface area (Å²) in [4.78, 5) is 8.50. The highest BCUT2D eigenvalue weighted by Crippen LogP contribution is 2.23. The van der Waals surface area contributed by atoms with Crippen molar-refractivity contribution in [2.75, 3.05) is 12.8 Å². The molecule has 0 radical (unpaired) electrons. The molecule has 7 nitrogen and oxygen atoms in total. The van der Waals surface area contributed by atoms with E-state index in [0.29, 0.717) is 30.6 Å². The number of fused-ring (bicyclic) bond motifs is 1. The average molecular weight is 273 g/mol. The number of methoxy groups -OCH3 is 1. The number of nitrogens with zero attached hydrogens (tertiary/aromatic N) is 4. The zero-order chi connectivity index (χ0) is 14.1. The van der Waals surface area contributed by atoms with E-state index in [-0.39, 0.29) is 0 Å². The fourth-order valence-electron chi connectivity index (χ4n) is 2.14. The zero-order valence-corrected chi connectivity index (χ0v) is 11.3. The summed E-state index contributed by atoms with van der Waals surface area (Å²) in [6.07, 6.45) is 0.629. The van der Waals surface area contributed by atoms with Gasteiger partial charge in [-0.25, -0.2) is 4.98 Å². The number of imidazole rings is 1. The van der Waals surface area contributed by atoms with Gasteiger partial charge in [-0.3, -0.25) is 0 Å². The largest absolute Gasteiger partial charge is 0.497 e. The molecular formula is C13H15N5O2. The number of hydrogen-bond acceptors (Lipinski definition) is 6. The topological polar surface area (TPSA) is 92.0 Å². The van der Waals surface area contributed by atoms with Crippen LogP contribution in [0.4, 0.5) is 5.95 Å². The lowest BCUT2D eigenvalue weighted by molar-refractivity contribution is 0.386. The van der Waals surface area contributed by atoms with E-state index in [0.717, 1.165) is 16.8 Å². The Bertz CT molecular complexity index is 746. The number of anilines is 1. The van der Waals surface area contributed by atoms with Crippen molar-refractivity contribution < 1.29 is 9.26 Å². The van der Waals surface area contributed by atoms with E-state index in [9.17, 15) is 0 Å². The van der Waals surface area contributed by atoms with Crippen molar-refractivity contribution in [1.29, 1.82) is 0 Å². The van der Waals surface area contributed by atoms with Crippen molar-refractivity contribution in [3.05, 3.63) is 29.9 Å². The zero-order valence-electron chi connectivity index (χ0n) is 11.3. The van der Waals surface area contributed by atoms with E-state index in [4.69, 9.17) is 15.0 Å². The Hall–Kier alpha value is -2.57. The van der Waals surface area contributed by atoms with Crippen LogP contribution in [-0.2, 0) is 13.0 Å². The molecule has 0 amide bonds. The third-order valence-electron chi connectivity index (χ3n) is 3.11. The minimum Gasteiger partial charge on any atom is -0.497 e. The average Bonchev–Trinajstić information content (AvgIpc) is 2.98. The predicted molar refractivity (Wildman–Crippen MR) is 73.4 cm³/mol. The number of benzene rings is 1. The van der Waals surface area contributed by atoms with Gasteiger partial charge >= 0.3 is 0 Å². The normalized spacial score (nSPS) is 11.1. The number of aryl methyl sites for hydroxylation is 3. The summed E-state index contributed by atoms with van der Waals surface area (Å²) in [5, 5.41) is 3.87. The lowest BCUT2D eigenvalue weighted by atomic mass is 10.3. The maximum absolute atomic E-state index is 5.96. The van der Waals surface area contributed by atoms with Crippen LogP contribution in [0.15, 0.2) is 22.7 Å². The second-order valence-electron chi connectivity index (χ2n) is 4.46. The summed E-state index contributed by atoms with van der Waals surface area (Å²) >= 11 is 0. The second kappa shape index (κ2) is 4.84. The molecule has 0 saturated carbocycles. The Morgan fingerprint density at radius 3 is 2.90 bits per heavy atom. The van der Waals surface area contributed by atoms with E-state index in [1.807, 2.05) is 22.8 Å². The SMILES string of the molecule is COc1ccc2nc(N)n(CCc3noc(C)n3)c2c1. The molecule has 2 N–H and O–H groups in total. The Balaban J connectivity index is 1.91. The van der Waals surface area contributed by atoms with Crippen molar-refractivity contribution in [1.82, 2.24) is 19.7 Å². The molecule has 0 fully saturated rings. The highest BCUT2D eigenvalue weighted by molar-refractivity contribution is 5.79. The number of ether oxygens (including phenoxy) is 1. The van der Waals surface area contributed by atoms with E-state index in [1.54, 1.807) is 14.0 Å². The number of hydrogen-bond donors (Lipinski definition) is 1. The van der Waals surface area contributed by atoms with E-state index in [1.165, 1.54) is 0 Å². The van der Waals surface area contributed by atoms with Crippen molar-refractivity contribution >= 4 is 17.0 Å². The van der Waals surface area contributed by atoms with Gasteiger partial charge in [-0.05, 0) is 12.1 Å². The first kappa shape index (κ1) is 12.5. The molecule has 0 aliphatic carbocycles. The minimum atomic E-state index is 0.466. The Kier molecular flexibility index (Phi) is 3.02. The highest BCUT2D eigenvalue weighted by Gasteiger charge is 2.10. The van der Waals surface area contributed by atoms with Crippen molar-refractivity contribution in [2.45, 2.75) is 19.9 Å². The molecule has 104 valence electrons. The standard InChI is InChI=1S/C13H15N5O2/c1-8-15-12(17-20-8)5-6-18-11-7-9(19-2)3-4-10(11)16-13(18)14/h3-4,7H,5-6H2,1-2H3,(H2,14,16). The molecule has 0 unspecified atom stereocenters. The van der Waals surface area contributed by atoms with E-state index in [2.05, 4.69) is 15.1 Å². The lowest BCUT2D eigenvalue weighted by Crippen LogP contribution is -2.06. The van der Waals surface area contributed by atoms with Gasteiger partial charge < -0.3 is 19.6 Å². The van der Waals surface area contributed by atoms with Crippen LogP contribution in [0, 0.1) is 6.92 Å². The summed E-state index contributed by atoms with van der Waals surface area (Å²) in [6, 6.07) is 5.67. The van der Waals surface area contributed by atoms with Gasteiger partial charge in [0, 0.05) is 26.0 Å². The van der Waals surface area contributed by atoms with Gasteiger partial charge in [0.25, 0.3) is 0 Å². The fourth-order valence-corrected chi connectivity index (χ4v) is 2.14. The van der Waals surface area contributed by atoms with Gasteiger partial charge in [-0.1, -0.05) is 5.16 Å². The smallest absolute Gasteiger partial charge is 0.223 e. The number of nitrogen functional groups attached to an aromatic ring is 1. The van der Waals surface area contributed by atoms with Crippen LogP contribution in [-0.4, -0.2) is 26.8 Å². The first-order chi connectivity index (χ1) is 9.67. The fraction of sp³-hybridized carbons (Fsp3) is 0.308. The molecule has 2 heterocycles. The highest BCUT2D eigenvalue weighted by atomic mass is 16.5. The summed E-state index contributed by atoms with van der Waals surface area (Å²) in [5.74, 6) is 2.46. The van der Waals surface area contributed by atoms with Crippen molar-refractivity contribution in [3.63, 3.8) is 0 Å². The molecule has 3 rings (SSSR count). The molecule has 3 aromatic rings. The predicted octanol–water partition coefficient (Wildman–Crippen LogP) is 1.56. The quantitative estimate of drug-likeness (QED) is 0.775. The van der Waals surface area contributed by atoms with Crippen molar-refractivity contribution in [3.8, 4) is 5.75 Å². The molecule has 1 aromatic carbocycles. The first-order valence-corrected chi connectivity index (χ1v) is 6.26. The van der Waals surface area contributed by atoms with Gasteiger partial charge in [0.1, 0.15) is 5.75 Å². The monoisotopic (exact) mass is 273 g/mol. The van der Waals surface area contributed by atoms with E-state index >= 15 is 0 Å². The summed E-state index contributed by atoms with van der Waals surface area (Å²) in [7, 11) is 1.63. The van der Waals surface area contributed by atoms with Gasteiger partial charge in [-0.2, -0.15) is 4.98 Å². The second-order valence-corrected chi connectivity index (χ2v) is 4.46. The Morgan fingerprint density at radius 1 is 1.35 bits per heavy atom. The maximum Gasteiger partial charge on any atom is 0.223 e. The van der Waals surface area contributed by atoms with Crippen LogP contribution >= 0.6 is 0 Å². The third-order valence-corrected chi connectivity index (χ3v) is 3.11. The first-order valence-electron chi connectivity index (χ1n) is 6.26. The Morgan fingerprint density at radius 2 is 2.20 bits per heavy atom. The van der Waals surface area contributed by atoms with Crippen LogP contribution in [0.1, 0.15) is 11.7 Å². The summed E-state index contributed by atoms with van der Waals surface area (Å²) in [6.45, 7) is 2.40. The van der Waals surface area contributed by atoms with E-state index < -0.39 is 0 Å². The maximum atomic E-state index is 5.96. The molecule has 20 heavy (non-hydrogen) atoms. The number of aromatic nitrogens is 4. The molecule has 0 aliphatic heterocycles. The minimum absolute atomic E-state index is 0.466. The molecule has 0 saturated heterocycles. The summed E-state index contributed by atoms with van der Waals surface area (Å²) in [5.41, 5.74) is 7.73. The molecule has 2 aromatic heterocycles. The van der Waals surface area contributed by atoms with Gasteiger partial charge in [0.2, 0.25) is 11.8 Å². The molecule has 0 atom stereocenters. The molecular weight excluding hydrogens is 258 g/mol. The number of rotatable bonds is 4. The third kappa shape index (κ3) is 2.18. The van der Waals surface area contributed by atoms with Crippen LogP contribution in [0.2, 0.25) is 0 Å². The van der Waals surface area contributed by atoms with Crippen LogP contribution in [0.5, 0.6) is 5.75 Å². The lowest BCUT2D eigenvalue weighted by Gasteiger charge is -2.05. The van der Waals surface area contributed by atoms with Gasteiger partial charge in [0.05, 0.1) is 18.1 Å². The molecule has 0 aliphatic rings. The molecule has 0 bridgehead atoms. The molecule has 7 heteroatoms. The van der Waals surface area contributed by atoms with Crippen molar-refractivity contribution in [2.24, 2.45) is 0 Å². The van der Waals surface area contributed by atoms with Gasteiger partial charge in [-0.15, -0.1) is 0 Å². The Labute approximate surface area is 115 Å². The number of nitrogens with two attached hydrogens (primary N) is 1. The van der Waals surface area contributed by atoms with Crippen LogP contribution in [0.25, 0.3) is 11.0 Å². The van der Waals surface area contributed by atoms with Crippen LogP contribution < -0.4 is 10.5 Å². The van der Waals surface area contributed by atoms with Gasteiger partial charge in [0.15, 0.2) is 5.82 Å². The molecule has 0 spiro atoms.